The van der Waals surface area contributed by atoms with Crippen LogP contribution in [0.3, 0.4) is 0 Å². The molecule has 154 valence electrons. The Morgan fingerprint density at radius 1 is 1.34 bits per heavy atom. The normalized spacial score (nSPS) is 16.7. The quantitative estimate of drug-likeness (QED) is 0.363. The minimum Gasteiger partial charge on any atom is -0.378 e. The first-order chi connectivity index (χ1) is 14.0. The third kappa shape index (κ3) is 4.70. The Morgan fingerprint density at radius 3 is 2.76 bits per heavy atom. The van der Waals surface area contributed by atoms with E-state index < -0.39 is 4.92 Å². The van der Waals surface area contributed by atoms with Gasteiger partial charge in [-0.25, -0.2) is 0 Å². The van der Waals surface area contributed by atoms with Crippen molar-refractivity contribution in [3.63, 3.8) is 0 Å². The van der Waals surface area contributed by atoms with Gasteiger partial charge >= 0.3 is 0 Å². The molecule has 0 bridgehead atoms. The average Bonchev–Trinajstić information content (AvgIpc) is 3.47. The third-order valence-electron chi connectivity index (χ3n) is 4.62. The van der Waals surface area contributed by atoms with Crippen molar-refractivity contribution in [1.29, 1.82) is 0 Å². The van der Waals surface area contributed by atoms with Gasteiger partial charge < -0.3 is 15.0 Å². The highest BCUT2D eigenvalue weighted by Gasteiger charge is 2.32. The Balaban J connectivity index is 1.40. The van der Waals surface area contributed by atoms with E-state index in [4.69, 9.17) is 4.74 Å². The van der Waals surface area contributed by atoms with Gasteiger partial charge in [0.1, 0.15) is 0 Å². The van der Waals surface area contributed by atoms with Crippen molar-refractivity contribution in [3.8, 4) is 0 Å². The summed E-state index contributed by atoms with van der Waals surface area (Å²) in [5.41, 5.74) is 0.441. The summed E-state index contributed by atoms with van der Waals surface area (Å²) in [6, 6.07) is 4.61. The van der Waals surface area contributed by atoms with E-state index in [2.05, 4.69) is 40.9 Å². The third-order valence-corrected chi connectivity index (χ3v) is 6.22. The van der Waals surface area contributed by atoms with E-state index in [-0.39, 0.29) is 17.3 Å². The summed E-state index contributed by atoms with van der Waals surface area (Å²) < 4.78 is 8.00. The number of morpholine rings is 1. The van der Waals surface area contributed by atoms with Crippen molar-refractivity contribution < 1.29 is 14.5 Å². The minimum atomic E-state index is -0.483. The molecule has 0 unspecified atom stereocenters. The van der Waals surface area contributed by atoms with E-state index in [1.807, 2.05) is 0 Å². The largest absolute Gasteiger partial charge is 0.378 e. The summed E-state index contributed by atoms with van der Waals surface area (Å²) in [6.45, 7) is 2.91. The van der Waals surface area contributed by atoms with Gasteiger partial charge in [0.05, 0.1) is 29.6 Å². The lowest BCUT2D eigenvalue weighted by Gasteiger charge is -2.27. The van der Waals surface area contributed by atoms with Crippen LogP contribution in [0.5, 0.6) is 0 Å². The number of aromatic nitrogens is 3. The van der Waals surface area contributed by atoms with Crippen LogP contribution in [0.2, 0.25) is 0 Å². The predicted molar refractivity (Wildman–Crippen MR) is 111 cm³/mol. The van der Waals surface area contributed by atoms with Crippen LogP contribution in [-0.2, 0) is 9.53 Å². The standard InChI is InChI=1S/C17H19BrN6O4S/c18-13-9-12(24(26)27)3-4-14(13)19-15(25)10-29-17-21-20-16(23(17)11-1-2-11)22-5-7-28-8-6-22/h3-4,9,11H,1-2,5-8,10H2,(H,19,25). The second-order valence-corrected chi connectivity index (χ2v) is 8.54. The molecule has 10 nitrogen and oxygen atoms in total. The molecule has 12 heteroatoms. The summed E-state index contributed by atoms with van der Waals surface area (Å²) in [5.74, 6) is 0.789. The molecule has 1 aromatic heterocycles. The first kappa shape index (κ1) is 20.1. The van der Waals surface area contributed by atoms with E-state index in [1.165, 1.54) is 30.0 Å². The summed E-state index contributed by atoms with van der Waals surface area (Å²) >= 11 is 4.60. The van der Waals surface area contributed by atoms with Gasteiger partial charge in [-0.15, -0.1) is 10.2 Å². The number of rotatable bonds is 7. The topological polar surface area (TPSA) is 115 Å². The molecule has 2 heterocycles. The zero-order chi connectivity index (χ0) is 20.4. The first-order valence-electron chi connectivity index (χ1n) is 9.17. The molecule has 1 saturated carbocycles. The van der Waals surface area contributed by atoms with Gasteiger partial charge in [0.25, 0.3) is 5.69 Å². The zero-order valence-corrected chi connectivity index (χ0v) is 17.8. The molecule has 1 aliphatic heterocycles. The molecule has 2 aliphatic rings. The van der Waals surface area contributed by atoms with Gasteiger partial charge in [0, 0.05) is 35.7 Å². The monoisotopic (exact) mass is 482 g/mol. The number of ether oxygens (including phenoxy) is 1. The maximum Gasteiger partial charge on any atom is 0.270 e. The van der Waals surface area contributed by atoms with Gasteiger partial charge in [0.15, 0.2) is 5.16 Å². The van der Waals surface area contributed by atoms with Crippen molar-refractivity contribution in [1.82, 2.24) is 14.8 Å². The highest BCUT2D eigenvalue weighted by atomic mass is 79.9. The zero-order valence-electron chi connectivity index (χ0n) is 15.4. The minimum absolute atomic E-state index is 0.0440. The Kier molecular flexibility index (Phi) is 6.01. The molecule has 1 saturated heterocycles. The number of nitro benzene ring substituents is 1. The van der Waals surface area contributed by atoms with E-state index in [0.717, 1.165) is 37.0 Å². The number of hydrogen-bond donors (Lipinski definition) is 1. The van der Waals surface area contributed by atoms with Crippen molar-refractivity contribution in [3.05, 3.63) is 32.8 Å². The van der Waals surface area contributed by atoms with E-state index >= 15 is 0 Å². The number of non-ortho nitro benzene ring substituents is 1. The molecule has 4 rings (SSSR count). The second-order valence-electron chi connectivity index (χ2n) is 6.74. The first-order valence-corrected chi connectivity index (χ1v) is 10.9. The number of halogens is 1. The highest BCUT2D eigenvalue weighted by Crippen LogP contribution is 2.41. The van der Waals surface area contributed by atoms with E-state index in [9.17, 15) is 14.9 Å². The molecule has 29 heavy (non-hydrogen) atoms. The Morgan fingerprint density at radius 2 is 2.10 bits per heavy atom. The lowest BCUT2D eigenvalue weighted by Crippen LogP contribution is -2.38. The molecule has 2 fully saturated rings. The highest BCUT2D eigenvalue weighted by molar-refractivity contribution is 9.10. The van der Waals surface area contributed by atoms with Crippen LogP contribution in [0.25, 0.3) is 0 Å². The fourth-order valence-corrected chi connectivity index (χ4v) is 4.30. The average molecular weight is 483 g/mol. The Bertz CT molecular complexity index is 929. The molecule has 0 spiro atoms. The maximum atomic E-state index is 12.4. The summed E-state index contributed by atoms with van der Waals surface area (Å²) in [5, 5.41) is 23.0. The molecule has 0 atom stereocenters. The van der Waals surface area contributed by atoms with Gasteiger partial charge in [-0.05, 0) is 34.8 Å². The Hall–Kier alpha value is -2.18. The number of hydrogen-bond acceptors (Lipinski definition) is 8. The predicted octanol–water partition coefficient (Wildman–Crippen LogP) is 2.85. The molecular weight excluding hydrogens is 464 g/mol. The van der Waals surface area contributed by atoms with Crippen molar-refractivity contribution in [2.24, 2.45) is 0 Å². The number of amides is 1. The van der Waals surface area contributed by atoms with Crippen LogP contribution < -0.4 is 10.2 Å². The molecule has 1 amide bonds. The number of thioether (sulfide) groups is 1. The summed E-state index contributed by atoms with van der Waals surface area (Å²) in [6.07, 6.45) is 2.18. The van der Waals surface area contributed by atoms with Crippen LogP contribution in [0, 0.1) is 10.1 Å². The van der Waals surface area contributed by atoms with Crippen LogP contribution >= 0.6 is 27.7 Å². The van der Waals surface area contributed by atoms with Gasteiger partial charge in [-0.2, -0.15) is 0 Å². The fourth-order valence-electron chi connectivity index (χ4n) is 3.03. The molecule has 0 radical (unpaired) electrons. The van der Waals surface area contributed by atoms with Gasteiger partial charge in [0.2, 0.25) is 11.9 Å². The van der Waals surface area contributed by atoms with Crippen LogP contribution in [0.4, 0.5) is 17.3 Å². The second kappa shape index (κ2) is 8.67. The maximum absolute atomic E-state index is 12.4. The van der Waals surface area contributed by atoms with Crippen molar-refractivity contribution in [2.45, 2.75) is 24.0 Å². The number of nitro groups is 1. The van der Waals surface area contributed by atoms with E-state index in [1.54, 1.807) is 0 Å². The number of carbonyl (C=O) groups excluding carboxylic acids is 1. The summed E-state index contributed by atoms with van der Waals surface area (Å²) in [4.78, 5) is 24.9. The van der Waals surface area contributed by atoms with Crippen molar-refractivity contribution >= 4 is 50.9 Å². The summed E-state index contributed by atoms with van der Waals surface area (Å²) in [7, 11) is 0. The Labute approximate surface area is 179 Å². The number of nitrogens with one attached hydrogen (secondary N) is 1. The molecule has 1 aromatic carbocycles. The van der Waals surface area contributed by atoms with Crippen LogP contribution in [-0.4, -0.2) is 57.7 Å². The number of carbonyl (C=O) groups is 1. The van der Waals surface area contributed by atoms with Crippen molar-refractivity contribution in [2.75, 3.05) is 42.3 Å². The molecule has 2 aromatic rings. The SMILES string of the molecule is O=C(CSc1nnc(N2CCOCC2)n1C1CC1)Nc1ccc([N+](=O)[O-])cc1Br. The number of nitrogens with zero attached hydrogens (tertiary/aromatic N) is 5. The lowest BCUT2D eigenvalue weighted by molar-refractivity contribution is -0.384. The van der Waals surface area contributed by atoms with E-state index in [0.29, 0.717) is 29.4 Å². The van der Waals surface area contributed by atoms with Crippen LogP contribution in [0.1, 0.15) is 18.9 Å². The van der Waals surface area contributed by atoms with Gasteiger partial charge in [-0.3, -0.25) is 19.5 Å². The smallest absolute Gasteiger partial charge is 0.270 e. The fraction of sp³-hybridized carbons (Fsp3) is 0.471. The lowest BCUT2D eigenvalue weighted by atomic mass is 10.3. The molecular formula is C17H19BrN6O4S. The number of benzene rings is 1. The number of anilines is 2. The molecule has 1 aliphatic carbocycles. The molecule has 1 N–H and O–H groups in total. The van der Waals surface area contributed by atoms with Gasteiger partial charge in [-0.1, -0.05) is 11.8 Å². The van der Waals surface area contributed by atoms with Crippen LogP contribution in [0.15, 0.2) is 27.8 Å².